The number of aryl methyl sites for hydroxylation is 1. The fraction of sp³-hybridized carbons (Fsp3) is 0.323. The zero-order valence-corrected chi connectivity index (χ0v) is 22.6. The van der Waals surface area contributed by atoms with Crippen LogP contribution in [-0.2, 0) is 22.4 Å². The zero-order valence-electron chi connectivity index (χ0n) is 21.8. The summed E-state index contributed by atoms with van der Waals surface area (Å²) in [5.74, 6) is -1.92. The molecule has 0 radical (unpaired) electrons. The van der Waals surface area contributed by atoms with E-state index in [2.05, 4.69) is 17.4 Å². The summed E-state index contributed by atoms with van der Waals surface area (Å²) in [6.45, 7) is 2.61. The van der Waals surface area contributed by atoms with Crippen LogP contribution in [0.4, 0.5) is 0 Å². The Morgan fingerprint density at radius 1 is 0.921 bits per heavy atom. The van der Waals surface area contributed by atoms with Gasteiger partial charge in [-0.2, -0.15) is 0 Å². The molecule has 0 heterocycles. The third kappa shape index (κ3) is 9.08. The van der Waals surface area contributed by atoms with E-state index in [0.717, 1.165) is 24.0 Å². The first kappa shape index (κ1) is 29.0. The fourth-order valence-electron chi connectivity index (χ4n) is 4.59. The van der Waals surface area contributed by atoms with E-state index in [0.29, 0.717) is 29.4 Å². The predicted octanol–water partition coefficient (Wildman–Crippen LogP) is 5.05. The Balaban J connectivity index is 1.72. The fourth-order valence-corrected chi connectivity index (χ4v) is 4.88. The Bertz CT molecular complexity index is 1160. The van der Waals surface area contributed by atoms with Gasteiger partial charge in [-0.15, -0.1) is 0 Å². The summed E-state index contributed by atoms with van der Waals surface area (Å²) >= 11 is 5.68. The van der Waals surface area contributed by atoms with Crippen molar-refractivity contribution in [1.29, 1.82) is 0 Å². The van der Waals surface area contributed by atoms with Gasteiger partial charge in [0.2, 0.25) is 11.8 Å². The first-order valence-electron chi connectivity index (χ1n) is 13.1. The number of amides is 2. The Morgan fingerprint density at radius 3 is 2.05 bits per heavy atom. The minimum atomic E-state index is -0.779. The van der Waals surface area contributed by atoms with Crippen LogP contribution in [0.5, 0.6) is 0 Å². The van der Waals surface area contributed by atoms with Crippen LogP contribution in [0.2, 0.25) is 0 Å². The molecular weight excluding hydrogens is 494 g/mol. The molecule has 0 aliphatic heterocycles. The van der Waals surface area contributed by atoms with Crippen molar-refractivity contribution in [3.8, 4) is 0 Å². The van der Waals surface area contributed by atoms with E-state index in [9.17, 15) is 14.8 Å². The molecule has 3 aromatic rings. The second-order valence-electron chi connectivity index (χ2n) is 9.68. The molecule has 0 saturated carbocycles. The van der Waals surface area contributed by atoms with Gasteiger partial charge in [0.15, 0.2) is 0 Å². The van der Waals surface area contributed by atoms with E-state index >= 15 is 0 Å². The first-order chi connectivity index (χ1) is 18.3. The highest BCUT2D eigenvalue weighted by Crippen LogP contribution is 2.27. The van der Waals surface area contributed by atoms with Crippen molar-refractivity contribution in [3.05, 3.63) is 108 Å². The molecule has 0 fully saturated rings. The van der Waals surface area contributed by atoms with Gasteiger partial charge in [-0.25, -0.2) is 5.06 Å². The van der Waals surface area contributed by atoms with Crippen molar-refractivity contribution in [1.82, 2.24) is 10.4 Å². The van der Waals surface area contributed by atoms with Crippen LogP contribution in [0, 0.1) is 5.92 Å². The normalized spacial score (nSPS) is 13.2. The average molecular weight is 532 g/mol. The van der Waals surface area contributed by atoms with Gasteiger partial charge in [-0.1, -0.05) is 110 Å². The van der Waals surface area contributed by atoms with E-state index in [1.807, 2.05) is 85.8 Å². The molecule has 7 heteroatoms. The SMILES string of the molecule is C[C@H](CC(CC(N)=O)C(=O)N(O)[C@@H](Cc1ccccc1)C(=S)NCCCc1ccccc1)c1ccccc1. The molecule has 0 aliphatic carbocycles. The number of hydrogen-bond acceptors (Lipinski definition) is 4. The molecule has 0 aromatic heterocycles. The number of nitrogens with one attached hydrogen (secondary N) is 1. The van der Waals surface area contributed by atoms with Gasteiger partial charge in [-0.05, 0) is 41.9 Å². The lowest BCUT2D eigenvalue weighted by Crippen LogP contribution is -2.50. The number of carbonyl (C=O) groups is 2. The van der Waals surface area contributed by atoms with Crippen LogP contribution in [0.15, 0.2) is 91.0 Å². The Kier molecular flexibility index (Phi) is 11.5. The van der Waals surface area contributed by atoms with Crippen molar-refractivity contribution < 1.29 is 14.8 Å². The maximum atomic E-state index is 13.6. The van der Waals surface area contributed by atoms with Gasteiger partial charge >= 0.3 is 0 Å². The average Bonchev–Trinajstić information content (AvgIpc) is 2.94. The van der Waals surface area contributed by atoms with E-state index in [-0.39, 0.29) is 12.3 Å². The van der Waals surface area contributed by atoms with E-state index in [1.54, 1.807) is 0 Å². The summed E-state index contributed by atoms with van der Waals surface area (Å²) in [4.78, 5) is 25.8. The number of benzene rings is 3. The summed E-state index contributed by atoms with van der Waals surface area (Å²) in [5, 5.41) is 15.2. The number of hydroxylamine groups is 2. The first-order valence-corrected chi connectivity index (χ1v) is 13.5. The lowest BCUT2D eigenvalue weighted by Gasteiger charge is -2.31. The second kappa shape index (κ2) is 15.0. The Hall–Kier alpha value is -3.55. The van der Waals surface area contributed by atoms with Crippen molar-refractivity contribution in [2.45, 2.75) is 51.0 Å². The quantitative estimate of drug-likeness (QED) is 0.117. The number of hydrogen-bond donors (Lipinski definition) is 3. The van der Waals surface area contributed by atoms with E-state index in [1.165, 1.54) is 5.56 Å². The second-order valence-corrected chi connectivity index (χ2v) is 10.1. The van der Waals surface area contributed by atoms with Crippen molar-refractivity contribution >= 4 is 29.0 Å². The van der Waals surface area contributed by atoms with Gasteiger partial charge in [0.25, 0.3) is 0 Å². The number of rotatable bonds is 14. The standard InChI is InChI=1S/C31H37N3O3S/c1-23(26-17-9-4-10-18-26)20-27(22-29(32)35)31(36)34(37)28(21-25-14-7-3-8-15-25)30(38)33-19-11-16-24-12-5-2-6-13-24/h2-10,12-15,17-18,23,27-28,37H,11,16,19-22H2,1H3,(H2,32,35)(H,33,38)/t23-,27?,28+/m1/s1. The largest absolute Gasteiger partial charge is 0.378 e. The smallest absolute Gasteiger partial charge is 0.250 e. The van der Waals surface area contributed by atoms with Crippen LogP contribution in [0.25, 0.3) is 0 Å². The summed E-state index contributed by atoms with van der Waals surface area (Å²) in [6, 6.07) is 28.8. The molecule has 0 spiro atoms. The van der Waals surface area contributed by atoms with Gasteiger partial charge in [0.05, 0.1) is 0 Å². The minimum absolute atomic E-state index is 0.00598. The van der Waals surface area contributed by atoms with Gasteiger partial charge in [-0.3, -0.25) is 14.8 Å². The molecule has 200 valence electrons. The van der Waals surface area contributed by atoms with Crippen LogP contribution in [0.3, 0.4) is 0 Å². The molecule has 3 aromatic carbocycles. The monoisotopic (exact) mass is 531 g/mol. The molecular formula is C31H37N3O3S. The number of primary amides is 1. The summed E-state index contributed by atoms with van der Waals surface area (Å²) < 4.78 is 0. The summed E-state index contributed by atoms with van der Waals surface area (Å²) in [7, 11) is 0. The van der Waals surface area contributed by atoms with E-state index in [4.69, 9.17) is 18.0 Å². The van der Waals surface area contributed by atoms with E-state index < -0.39 is 23.8 Å². The van der Waals surface area contributed by atoms with Crippen molar-refractivity contribution in [2.75, 3.05) is 6.54 Å². The van der Waals surface area contributed by atoms with Crippen molar-refractivity contribution in [3.63, 3.8) is 0 Å². The topological polar surface area (TPSA) is 95.7 Å². The van der Waals surface area contributed by atoms with Gasteiger partial charge in [0.1, 0.15) is 11.0 Å². The van der Waals surface area contributed by atoms with Crippen LogP contribution in [0.1, 0.15) is 48.8 Å². The molecule has 1 unspecified atom stereocenters. The molecule has 2 amide bonds. The molecule has 4 N–H and O–H groups in total. The van der Waals surface area contributed by atoms with Crippen LogP contribution in [-0.4, -0.2) is 39.7 Å². The summed E-state index contributed by atoms with van der Waals surface area (Å²) in [6.07, 6.45) is 2.30. The molecule has 3 rings (SSSR count). The molecule has 3 atom stereocenters. The van der Waals surface area contributed by atoms with Crippen LogP contribution < -0.4 is 11.1 Å². The predicted molar refractivity (Wildman–Crippen MR) is 155 cm³/mol. The molecule has 38 heavy (non-hydrogen) atoms. The Labute approximate surface area is 230 Å². The molecule has 0 bridgehead atoms. The highest BCUT2D eigenvalue weighted by molar-refractivity contribution is 7.80. The molecule has 6 nitrogen and oxygen atoms in total. The minimum Gasteiger partial charge on any atom is -0.378 e. The molecule has 0 aliphatic rings. The zero-order chi connectivity index (χ0) is 27.3. The lowest BCUT2D eigenvalue weighted by molar-refractivity contribution is -0.176. The van der Waals surface area contributed by atoms with Crippen LogP contribution >= 0.6 is 12.2 Å². The van der Waals surface area contributed by atoms with Gasteiger partial charge in [0, 0.05) is 25.3 Å². The summed E-state index contributed by atoms with van der Waals surface area (Å²) in [5.41, 5.74) is 8.73. The number of nitrogens with two attached hydrogens (primary N) is 1. The molecule has 0 saturated heterocycles. The Morgan fingerprint density at radius 2 is 1.47 bits per heavy atom. The number of nitrogens with zero attached hydrogens (tertiary/aromatic N) is 1. The highest BCUT2D eigenvalue weighted by Gasteiger charge is 2.33. The van der Waals surface area contributed by atoms with Crippen molar-refractivity contribution in [2.24, 2.45) is 11.7 Å². The third-order valence-corrected chi connectivity index (χ3v) is 7.10. The van der Waals surface area contributed by atoms with Gasteiger partial charge < -0.3 is 11.1 Å². The maximum absolute atomic E-state index is 13.6. The third-order valence-electron chi connectivity index (χ3n) is 6.68. The maximum Gasteiger partial charge on any atom is 0.250 e. The highest BCUT2D eigenvalue weighted by atomic mass is 32.1. The number of thiocarbonyl (C=S) groups is 1. The number of carbonyl (C=O) groups excluding carboxylic acids is 2. The lowest BCUT2D eigenvalue weighted by atomic mass is 9.87.